The van der Waals surface area contributed by atoms with E-state index in [1.54, 1.807) is 24.3 Å². The Morgan fingerprint density at radius 1 is 0.388 bits per heavy atom. The molecule has 49 heavy (non-hydrogen) atoms. The predicted octanol–water partition coefficient (Wildman–Crippen LogP) is 11.8. The zero-order chi connectivity index (χ0) is 45.6. The van der Waals surface area contributed by atoms with Gasteiger partial charge in [-0.15, -0.1) is 0 Å². The maximum atomic E-state index is 9.47. The molecule has 0 aliphatic heterocycles. The third-order valence-electron chi connectivity index (χ3n) is 7.84. The van der Waals surface area contributed by atoms with E-state index in [0.29, 0.717) is 11.1 Å². The highest BCUT2D eigenvalue weighted by Crippen LogP contribution is 2.39. The van der Waals surface area contributed by atoms with Crippen molar-refractivity contribution < 1.29 is 25.0 Å². The largest absolute Gasteiger partial charge is 0.456 e. The van der Waals surface area contributed by atoms with Crippen molar-refractivity contribution in [1.82, 2.24) is 15.0 Å². The Hall–Kier alpha value is -6.65. The van der Waals surface area contributed by atoms with E-state index in [9.17, 15) is 4.11 Å². The summed E-state index contributed by atoms with van der Waals surface area (Å²) in [6.45, 7) is 0. The second-order valence-electron chi connectivity index (χ2n) is 10.9. The van der Waals surface area contributed by atoms with Crippen molar-refractivity contribution in [3.05, 3.63) is 176 Å². The van der Waals surface area contributed by atoms with Crippen molar-refractivity contribution >= 4 is 21.9 Å². The summed E-state index contributed by atoms with van der Waals surface area (Å²) in [5, 5.41) is -0.581. The highest BCUT2D eigenvalue weighted by molar-refractivity contribution is 6.13. The number of furan rings is 1. The first-order valence-corrected chi connectivity index (χ1v) is 15.1. The molecule has 9 aromatic rings. The molecule has 0 fully saturated rings. The summed E-state index contributed by atoms with van der Waals surface area (Å²) in [5.41, 5.74) is -0.163. The lowest BCUT2D eigenvalue weighted by Gasteiger charge is -2.09. The smallest absolute Gasteiger partial charge is 0.164 e. The minimum atomic E-state index is -0.832. The van der Waals surface area contributed by atoms with Crippen LogP contribution in [0.1, 0.15) is 20.6 Å². The molecule has 0 N–H and O–H groups in total. The van der Waals surface area contributed by atoms with Crippen molar-refractivity contribution in [2.24, 2.45) is 0 Å². The Balaban J connectivity index is 1.30. The van der Waals surface area contributed by atoms with Gasteiger partial charge in [0.25, 0.3) is 0 Å². The summed E-state index contributed by atoms with van der Waals surface area (Å²) < 4.78 is 138. The van der Waals surface area contributed by atoms with Gasteiger partial charge in [0.15, 0.2) is 17.5 Å². The van der Waals surface area contributed by atoms with Gasteiger partial charge in [0.1, 0.15) is 11.2 Å². The van der Waals surface area contributed by atoms with E-state index >= 15 is 0 Å². The van der Waals surface area contributed by atoms with Crippen molar-refractivity contribution in [2.75, 3.05) is 0 Å². The fourth-order valence-electron chi connectivity index (χ4n) is 5.46. The molecule has 2 heterocycles. The van der Waals surface area contributed by atoms with Gasteiger partial charge in [0.2, 0.25) is 0 Å². The monoisotopic (exact) mass is 642 g/mol. The van der Waals surface area contributed by atoms with Crippen molar-refractivity contribution in [2.45, 2.75) is 0 Å². The predicted molar refractivity (Wildman–Crippen MR) is 200 cm³/mol. The first-order chi connectivity index (χ1) is 30.5. The molecule has 0 atom stereocenters. The average Bonchev–Trinajstić information content (AvgIpc) is 3.72. The summed E-state index contributed by atoms with van der Waals surface area (Å²) in [6, 6.07) is 15.3. The summed E-state index contributed by atoms with van der Waals surface area (Å²) >= 11 is 0. The van der Waals surface area contributed by atoms with E-state index in [-0.39, 0.29) is 39.4 Å². The van der Waals surface area contributed by atoms with Crippen LogP contribution < -0.4 is 0 Å². The van der Waals surface area contributed by atoms with Crippen LogP contribution in [-0.2, 0) is 0 Å². The molecule has 9 rings (SSSR count). The Morgan fingerprint density at radius 3 is 1.61 bits per heavy atom. The van der Waals surface area contributed by atoms with Crippen LogP contribution in [0.4, 0.5) is 0 Å². The van der Waals surface area contributed by atoms with Crippen LogP contribution in [0.5, 0.6) is 0 Å². The molecule has 2 aromatic heterocycles. The first kappa shape index (κ1) is 17.0. The Bertz CT molecular complexity index is 3380. The zero-order valence-electron chi connectivity index (χ0n) is 40.3. The molecular formula is C45H29N3O. The summed E-state index contributed by atoms with van der Waals surface area (Å²) in [5.74, 6) is 0.243. The summed E-state index contributed by atoms with van der Waals surface area (Å²) in [4.78, 5) is 14.1. The molecule has 0 radical (unpaired) electrons. The van der Waals surface area contributed by atoms with Gasteiger partial charge in [0, 0.05) is 27.5 Å². The minimum absolute atomic E-state index is 0.154. The number of fused-ring (bicyclic) bond motifs is 3. The first-order valence-electron chi connectivity index (χ1n) is 22.6. The molecular weight excluding hydrogens is 599 g/mol. The fourth-order valence-corrected chi connectivity index (χ4v) is 5.46. The van der Waals surface area contributed by atoms with Gasteiger partial charge < -0.3 is 4.42 Å². The minimum Gasteiger partial charge on any atom is -0.456 e. The van der Waals surface area contributed by atoms with Crippen LogP contribution in [0.2, 0.25) is 0 Å². The van der Waals surface area contributed by atoms with Crippen molar-refractivity contribution in [3.8, 4) is 67.5 Å². The topological polar surface area (TPSA) is 51.8 Å². The van der Waals surface area contributed by atoms with E-state index in [2.05, 4.69) is 4.98 Å². The summed E-state index contributed by atoms with van der Waals surface area (Å²) in [6.07, 6.45) is 0. The number of aromatic nitrogens is 3. The van der Waals surface area contributed by atoms with E-state index in [1.807, 2.05) is 60.7 Å². The third kappa shape index (κ3) is 5.45. The number of hydrogen-bond donors (Lipinski definition) is 0. The van der Waals surface area contributed by atoms with Gasteiger partial charge in [-0.3, -0.25) is 0 Å². The molecule has 0 amide bonds. The van der Waals surface area contributed by atoms with Gasteiger partial charge in [-0.05, 0) is 51.5 Å². The SMILES string of the molecule is [2H]c1c([2H])c([2H])c(-c2c([2H])c([2H])c(-c3c([2H])c([2H])c([2H])c4oc5c([2H])c(-c6nc(-c7ccccc7)nc(-c7ccc(-c8ccccc8)cc7)n6)c([2H])c([2H])c5c34)c([2H])c2[2H])c([2H])c1[2H]. The molecule has 0 aliphatic rings. The van der Waals surface area contributed by atoms with E-state index in [1.165, 1.54) is 0 Å². The summed E-state index contributed by atoms with van der Waals surface area (Å²) in [7, 11) is 0. The molecule has 0 saturated heterocycles. The maximum Gasteiger partial charge on any atom is 0.164 e. The van der Waals surface area contributed by atoms with Gasteiger partial charge in [-0.25, -0.2) is 15.0 Å². The van der Waals surface area contributed by atoms with Crippen molar-refractivity contribution in [3.63, 3.8) is 0 Å². The molecule has 4 nitrogen and oxygen atoms in total. The Kier molecular flexibility index (Phi) is 4.21. The lowest BCUT2D eigenvalue weighted by atomic mass is 9.96. The van der Waals surface area contributed by atoms with E-state index in [0.717, 1.165) is 11.1 Å². The lowest BCUT2D eigenvalue weighted by molar-refractivity contribution is 0.669. The van der Waals surface area contributed by atoms with Crippen LogP contribution in [0.15, 0.2) is 180 Å². The van der Waals surface area contributed by atoms with Crippen LogP contribution >= 0.6 is 0 Å². The number of rotatable bonds is 6. The molecule has 0 unspecified atom stereocenters. The van der Waals surface area contributed by atoms with E-state index in [4.69, 9.17) is 30.8 Å². The van der Waals surface area contributed by atoms with Gasteiger partial charge >= 0.3 is 0 Å². The molecule has 0 aliphatic carbocycles. The second kappa shape index (κ2) is 12.2. The second-order valence-corrected chi connectivity index (χ2v) is 10.9. The van der Waals surface area contributed by atoms with Crippen LogP contribution in [0.25, 0.3) is 89.5 Å². The number of nitrogens with zero attached hydrogens (tertiary/aromatic N) is 3. The van der Waals surface area contributed by atoms with Gasteiger partial charge in [-0.2, -0.15) is 0 Å². The average molecular weight is 643 g/mol. The fraction of sp³-hybridized carbons (Fsp3) is 0. The quantitative estimate of drug-likeness (QED) is 0.181. The third-order valence-corrected chi connectivity index (χ3v) is 7.84. The lowest BCUT2D eigenvalue weighted by Crippen LogP contribution is -2.00. The van der Waals surface area contributed by atoms with Crippen LogP contribution in [0, 0.1) is 0 Å². The van der Waals surface area contributed by atoms with Crippen LogP contribution in [-0.4, -0.2) is 15.0 Å². The maximum absolute atomic E-state index is 9.47. The Labute approximate surface area is 305 Å². The molecule has 230 valence electrons. The molecule has 0 saturated carbocycles. The zero-order valence-corrected chi connectivity index (χ0v) is 25.3. The molecule has 0 spiro atoms. The van der Waals surface area contributed by atoms with Crippen LogP contribution in [0.3, 0.4) is 0 Å². The normalized spacial score (nSPS) is 15.6. The van der Waals surface area contributed by atoms with Gasteiger partial charge in [-0.1, -0.05) is 157 Å². The standard InChI is InChI=1S/C45H29N3O/c1-4-11-30(12-5-1)32-19-23-34(24-20-32)38-17-10-18-40-42(38)39-28-27-37(29-41(39)49-40)45-47-43(35-15-8-3-9-16-35)46-44(48-45)36-25-21-33(22-26-36)31-13-6-2-7-14-31/h1-29H/i1D,4D,5D,10D,11D,12D,17D,18D,19D,20D,23D,24D,27D,28D,29D. The highest BCUT2D eigenvalue weighted by Gasteiger charge is 2.17. The number of benzene rings is 7. The Morgan fingerprint density at radius 2 is 0.918 bits per heavy atom. The van der Waals surface area contributed by atoms with Crippen molar-refractivity contribution in [1.29, 1.82) is 0 Å². The van der Waals surface area contributed by atoms with E-state index < -0.39 is 118 Å². The molecule has 7 aromatic carbocycles. The molecule has 0 bridgehead atoms. The highest BCUT2D eigenvalue weighted by atomic mass is 16.3. The molecule has 4 heteroatoms. The number of hydrogen-bond acceptors (Lipinski definition) is 4. The van der Waals surface area contributed by atoms with Gasteiger partial charge in [0.05, 0.1) is 20.6 Å².